The fourth-order valence-corrected chi connectivity index (χ4v) is 5.43. The molecule has 0 fully saturated rings. The number of hydrogen-bond donors (Lipinski definition) is 2. The summed E-state index contributed by atoms with van der Waals surface area (Å²) in [6, 6.07) is 5.14. The number of nitrogens with one attached hydrogen (secondary N) is 2. The molecule has 2 heterocycles. The zero-order valence-corrected chi connectivity index (χ0v) is 19.8. The van der Waals surface area contributed by atoms with Crippen molar-refractivity contribution >= 4 is 21.5 Å². The van der Waals surface area contributed by atoms with E-state index in [4.69, 9.17) is 0 Å². The third kappa shape index (κ3) is 5.06. The lowest BCUT2D eigenvalue weighted by molar-refractivity contribution is 0.305. The third-order valence-corrected chi connectivity index (χ3v) is 7.72. The highest BCUT2D eigenvalue weighted by Crippen LogP contribution is 2.40. The highest BCUT2D eigenvalue weighted by atomic mass is 32.2. The zero-order chi connectivity index (χ0) is 23.4. The number of aromatic amines is 1. The predicted molar refractivity (Wildman–Crippen MR) is 126 cm³/mol. The Morgan fingerprint density at radius 3 is 2.58 bits per heavy atom. The first-order chi connectivity index (χ1) is 15.9. The van der Waals surface area contributed by atoms with Crippen LogP contribution in [0.5, 0.6) is 0 Å². The first kappa shape index (κ1) is 23.3. The Morgan fingerprint density at radius 2 is 1.85 bits per heavy atom. The van der Waals surface area contributed by atoms with Crippen LogP contribution in [-0.4, -0.2) is 58.9 Å². The van der Waals surface area contributed by atoms with Gasteiger partial charge in [0.2, 0.25) is 20.9 Å². The highest BCUT2D eigenvalue weighted by Gasteiger charge is 2.25. The molecule has 0 atom stereocenters. The van der Waals surface area contributed by atoms with Crippen LogP contribution in [0.25, 0.3) is 11.1 Å². The van der Waals surface area contributed by atoms with Gasteiger partial charge in [-0.25, -0.2) is 12.8 Å². The molecule has 0 amide bonds. The van der Waals surface area contributed by atoms with Gasteiger partial charge in [0.05, 0.1) is 11.4 Å². The Kier molecular flexibility index (Phi) is 7.04. The van der Waals surface area contributed by atoms with Crippen LogP contribution in [0.3, 0.4) is 0 Å². The van der Waals surface area contributed by atoms with E-state index in [1.54, 1.807) is 12.4 Å². The minimum Gasteiger partial charge on any atom is -0.324 e. The van der Waals surface area contributed by atoms with Gasteiger partial charge in [0.15, 0.2) is 0 Å². The van der Waals surface area contributed by atoms with Gasteiger partial charge in [0.1, 0.15) is 5.82 Å². The van der Waals surface area contributed by atoms with E-state index in [1.807, 2.05) is 12.1 Å². The second kappa shape index (κ2) is 9.96. The summed E-state index contributed by atoms with van der Waals surface area (Å²) in [5.41, 5.74) is 3.79. The van der Waals surface area contributed by atoms with E-state index in [0.29, 0.717) is 30.5 Å². The van der Waals surface area contributed by atoms with Crippen molar-refractivity contribution in [1.82, 2.24) is 25.1 Å². The predicted octanol–water partition coefficient (Wildman–Crippen LogP) is 3.74. The molecule has 176 valence electrons. The maximum absolute atomic E-state index is 14.8. The molecule has 3 aromatic rings. The van der Waals surface area contributed by atoms with Gasteiger partial charge in [-0.3, -0.25) is 9.97 Å². The molecule has 0 saturated carbocycles. The van der Waals surface area contributed by atoms with Gasteiger partial charge >= 0.3 is 0 Å². The van der Waals surface area contributed by atoms with E-state index in [1.165, 1.54) is 6.07 Å². The van der Waals surface area contributed by atoms with E-state index in [2.05, 4.69) is 44.2 Å². The first-order valence-corrected chi connectivity index (χ1v) is 13.0. The molecule has 1 aromatic carbocycles. The average Bonchev–Trinajstić information content (AvgIpc) is 3.50. The van der Waals surface area contributed by atoms with Crippen molar-refractivity contribution in [3.05, 3.63) is 47.5 Å². The number of halogens is 1. The average molecular weight is 473 g/mol. The number of rotatable bonds is 10. The lowest BCUT2D eigenvalue weighted by Crippen LogP contribution is -2.25. The van der Waals surface area contributed by atoms with Crippen molar-refractivity contribution in [2.75, 3.05) is 30.7 Å². The van der Waals surface area contributed by atoms with Crippen LogP contribution in [0.4, 0.5) is 16.0 Å². The molecule has 2 N–H and O–H groups in total. The van der Waals surface area contributed by atoms with Gasteiger partial charge in [-0.1, -0.05) is 13.8 Å². The van der Waals surface area contributed by atoms with Crippen molar-refractivity contribution in [3.63, 3.8) is 0 Å². The molecule has 4 rings (SSSR count). The summed E-state index contributed by atoms with van der Waals surface area (Å²) in [5, 5.41) is 10.9. The molecule has 8 nitrogen and oxygen atoms in total. The van der Waals surface area contributed by atoms with Crippen LogP contribution in [0.2, 0.25) is 0 Å². The Morgan fingerprint density at radius 1 is 1.12 bits per heavy atom. The molecule has 1 aliphatic rings. The van der Waals surface area contributed by atoms with Crippen molar-refractivity contribution in [2.24, 2.45) is 0 Å². The number of pyridine rings is 1. The summed E-state index contributed by atoms with van der Waals surface area (Å²) in [4.78, 5) is 9.03. The van der Waals surface area contributed by atoms with Gasteiger partial charge in [-0.05, 0) is 80.2 Å². The Balaban J connectivity index is 1.59. The summed E-state index contributed by atoms with van der Waals surface area (Å²) in [6.45, 7) is 6.59. The first-order valence-electron chi connectivity index (χ1n) is 11.3. The van der Waals surface area contributed by atoms with Crippen LogP contribution in [0.1, 0.15) is 37.8 Å². The van der Waals surface area contributed by atoms with Crippen molar-refractivity contribution in [3.8, 4) is 11.1 Å². The summed E-state index contributed by atoms with van der Waals surface area (Å²) < 4.78 is 40.3. The van der Waals surface area contributed by atoms with E-state index in [9.17, 15) is 12.8 Å². The van der Waals surface area contributed by atoms with E-state index in [0.717, 1.165) is 42.7 Å². The zero-order valence-electron chi connectivity index (χ0n) is 18.9. The summed E-state index contributed by atoms with van der Waals surface area (Å²) in [5.74, 6) is -0.0194. The summed E-state index contributed by atoms with van der Waals surface area (Å²) >= 11 is 0. The number of benzene rings is 1. The van der Waals surface area contributed by atoms with Crippen LogP contribution < -0.4 is 5.32 Å². The molecule has 0 spiro atoms. The molecule has 2 aromatic heterocycles. The maximum atomic E-state index is 14.8. The number of aromatic nitrogens is 4. The normalized spacial score (nSPS) is 13.5. The maximum Gasteiger partial charge on any atom is 0.248 e. The van der Waals surface area contributed by atoms with E-state index >= 15 is 0 Å². The number of nitrogens with zero attached hydrogens (tertiary/aromatic N) is 4. The number of fused-ring (bicyclic) bond motifs is 1. The van der Waals surface area contributed by atoms with Crippen LogP contribution in [-0.2, 0) is 22.7 Å². The fourth-order valence-electron chi connectivity index (χ4n) is 4.31. The summed E-state index contributed by atoms with van der Waals surface area (Å²) in [7, 11) is -3.59. The second-order valence-electron chi connectivity index (χ2n) is 8.13. The van der Waals surface area contributed by atoms with Gasteiger partial charge < -0.3 is 10.2 Å². The highest BCUT2D eigenvalue weighted by molar-refractivity contribution is 7.91. The van der Waals surface area contributed by atoms with Crippen LogP contribution in [0, 0.1) is 5.82 Å². The van der Waals surface area contributed by atoms with Crippen molar-refractivity contribution in [1.29, 1.82) is 0 Å². The molecular weight excluding hydrogens is 443 g/mol. The van der Waals surface area contributed by atoms with Gasteiger partial charge in [-0.15, -0.1) is 10.2 Å². The topological polar surface area (TPSA) is 104 Å². The number of anilines is 2. The molecule has 33 heavy (non-hydrogen) atoms. The molecule has 0 saturated heterocycles. The smallest absolute Gasteiger partial charge is 0.248 e. The lowest BCUT2D eigenvalue weighted by atomic mass is 9.97. The number of sulfone groups is 1. The Labute approximate surface area is 193 Å². The van der Waals surface area contributed by atoms with Gasteiger partial charge in [0.25, 0.3) is 0 Å². The second-order valence-corrected chi connectivity index (χ2v) is 10.2. The molecule has 0 radical (unpaired) electrons. The number of hydrogen-bond acceptors (Lipinski definition) is 7. The van der Waals surface area contributed by atoms with Crippen molar-refractivity contribution in [2.45, 2.75) is 44.7 Å². The molecular formula is C23H29FN6O2S. The molecule has 0 bridgehead atoms. The SMILES string of the molecule is CCN(CC)CCCS(=O)(=O)c1nnc(Nc2c(-c3ccncc3)cc(F)c3c2CCC3)[nH]1. The van der Waals surface area contributed by atoms with Crippen LogP contribution in [0.15, 0.2) is 35.7 Å². The molecule has 0 unspecified atom stereocenters. The van der Waals surface area contributed by atoms with E-state index in [-0.39, 0.29) is 22.7 Å². The quantitative estimate of drug-likeness (QED) is 0.463. The molecule has 1 aliphatic carbocycles. The fraction of sp³-hybridized carbons (Fsp3) is 0.435. The third-order valence-electron chi connectivity index (χ3n) is 6.13. The molecule has 0 aliphatic heterocycles. The standard InChI is InChI=1S/C23H29FN6O2S/c1-3-30(4-2)13-6-14-33(31,32)23-27-22(28-29-23)26-21-18-8-5-7-17(18)20(24)15-19(21)16-9-11-25-12-10-16/h9-12,15H,3-8,13-14H2,1-2H3,(H2,26,27,28,29). The molecule has 10 heteroatoms. The van der Waals surface area contributed by atoms with Crippen LogP contribution >= 0.6 is 0 Å². The van der Waals surface area contributed by atoms with Gasteiger partial charge in [-0.2, -0.15) is 0 Å². The van der Waals surface area contributed by atoms with Crippen molar-refractivity contribution < 1.29 is 12.8 Å². The van der Waals surface area contributed by atoms with Gasteiger partial charge in [0, 0.05) is 18.0 Å². The minimum absolute atomic E-state index is 0.00759. The largest absolute Gasteiger partial charge is 0.324 e. The summed E-state index contributed by atoms with van der Waals surface area (Å²) in [6.07, 6.45) is 6.10. The minimum atomic E-state index is -3.59. The number of H-pyrrole nitrogens is 1. The lowest BCUT2D eigenvalue weighted by Gasteiger charge is -2.17. The monoisotopic (exact) mass is 472 g/mol. The Bertz CT molecular complexity index is 1210. The van der Waals surface area contributed by atoms with E-state index < -0.39 is 9.84 Å². The Hall–Kier alpha value is -2.85.